The third kappa shape index (κ3) is 4.66. The Morgan fingerprint density at radius 2 is 1.81 bits per heavy atom. The predicted molar refractivity (Wildman–Crippen MR) is 69.3 cm³/mol. The summed E-state index contributed by atoms with van der Waals surface area (Å²) in [6.07, 6.45) is 0.170. The molecule has 1 aromatic carbocycles. The van der Waals surface area contributed by atoms with Gasteiger partial charge in [-0.25, -0.2) is 22.8 Å². The van der Waals surface area contributed by atoms with Crippen LogP contribution >= 0.6 is 0 Å². The van der Waals surface area contributed by atoms with E-state index in [-0.39, 0.29) is 12.3 Å². The summed E-state index contributed by atoms with van der Waals surface area (Å²) >= 11 is 0. The van der Waals surface area contributed by atoms with Gasteiger partial charge in [-0.15, -0.1) is 0 Å². The number of hydrogen-bond donors (Lipinski definition) is 3. The van der Waals surface area contributed by atoms with Crippen LogP contribution in [0.15, 0.2) is 12.1 Å². The summed E-state index contributed by atoms with van der Waals surface area (Å²) in [6.45, 7) is 3.54. The van der Waals surface area contributed by atoms with E-state index in [1.165, 1.54) is 0 Å². The molecular weight excluding hydrogens is 289 g/mol. The van der Waals surface area contributed by atoms with Crippen LogP contribution in [0.4, 0.5) is 23.7 Å². The van der Waals surface area contributed by atoms with Crippen LogP contribution in [0.3, 0.4) is 0 Å². The Kier molecular flexibility index (Phi) is 5.57. The number of carbonyl (C=O) groups excluding carboxylic acids is 1. The SMILES string of the molecule is CC(C)C[C@H](NC(=O)Nc1ccc(F)c(F)c1F)C(=O)O. The molecule has 0 aliphatic rings. The number of carboxylic acids is 1. The lowest BCUT2D eigenvalue weighted by Gasteiger charge is -2.17. The maximum Gasteiger partial charge on any atom is 0.326 e. The van der Waals surface area contributed by atoms with Crippen LogP contribution in [0.2, 0.25) is 0 Å². The molecule has 0 fully saturated rings. The van der Waals surface area contributed by atoms with Gasteiger partial charge in [-0.2, -0.15) is 0 Å². The van der Waals surface area contributed by atoms with E-state index in [0.717, 1.165) is 6.07 Å². The zero-order chi connectivity index (χ0) is 16.2. The van der Waals surface area contributed by atoms with Crippen molar-refractivity contribution in [3.8, 4) is 0 Å². The van der Waals surface area contributed by atoms with E-state index >= 15 is 0 Å². The third-order valence-electron chi connectivity index (χ3n) is 2.59. The molecule has 1 aromatic rings. The fourth-order valence-electron chi connectivity index (χ4n) is 1.63. The number of benzene rings is 1. The topological polar surface area (TPSA) is 78.4 Å². The van der Waals surface area contributed by atoms with Crippen molar-refractivity contribution in [2.24, 2.45) is 5.92 Å². The predicted octanol–water partition coefficient (Wildman–Crippen LogP) is 2.72. The number of nitrogens with one attached hydrogen (secondary N) is 2. The Bertz CT molecular complexity index is 550. The molecule has 0 aliphatic carbocycles. The Hall–Kier alpha value is -2.25. The number of carbonyl (C=O) groups is 2. The van der Waals surface area contributed by atoms with Crippen LogP contribution < -0.4 is 10.6 Å². The molecule has 1 atom stereocenters. The van der Waals surface area contributed by atoms with Crippen LogP contribution in [-0.2, 0) is 4.79 Å². The van der Waals surface area contributed by atoms with E-state index in [4.69, 9.17) is 5.11 Å². The van der Waals surface area contributed by atoms with Crippen LogP contribution in [-0.4, -0.2) is 23.1 Å². The molecule has 1 rings (SSSR count). The molecule has 0 spiro atoms. The molecule has 0 saturated heterocycles. The molecule has 3 N–H and O–H groups in total. The van der Waals surface area contributed by atoms with E-state index < -0.39 is 41.2 Å². The van der Waals surface area contributed by atoms with E-state index in [1.54, 1.807) is 13.8 Å². The standard InChI is InChI=1S/C13H15F3N2O3/c1-6(2)5-9(12(19)20)18-13(21)17-8-4-3-7(14)10(15)11(8)16/h3-4,6,9H,5H2,1-2H3,(H,19,20)(H2,17,18,21)/t9-/m0/s1. The molecule has 0 bridgehead atoms. The quantitative estimate of drug-likeness (QED) is 0.732. The van der Waals surface area contributed by atoms with Crippen molar-refractivity contribution in [3.63, 3.8) is 0 Å². The summed E-state index contributed by atoms with van der Waals surface area (Å²) in [5.74, 6) is -5.90. The lowest BCUT2D eigenvalue weighted by molar-refractivity contribution is -0.139. The van der Waals surface area contributed by atoms with E-state index in [1.807, 2.05) is 5.32 Å². The number of rotatable bonds is 5. The van der Waals surface area contributed by atoms with Gasteiger partial charge in [0.1, 0.15) is 6.04 Å². The molecule has 8 heteroatoms. The summed E-state index contributed by atoms with van der Waals surface area (Å²) in [5, 5.41) is 13.0. The fourth-order valence-corrected chi connectivity index (χ4v) is 1.63. The first-order valence-electron chi connectivity index (χ1n) is 6.16. The highest BCUT2D eigenvalue weighted by atomic mass is 19.2. The highest BCUT2D eigenvalue weighted by Crippen LogP contribution is 2.19. The van der Waals surface area contributed by atoms with E-state index in [2.05, 4.69) is 5.32 Å². The Balaban J connectivity index is 2.77. The second-order valence-corrected chi connectivity index (χ2v) is 4.84. The first kappa shape index (κ1) is 16.8. The Labute approximate surface area is 119 Å². The van der Waals surface area contributed by atoms with Gasteiger partial charge in [-0.05, 0) is 24.5 Å². The van der Waals surface area contributed by atoms with Gasteiger partial charge in [0.05, 0.1) is 5.69 Å². The largest absolute Gasteiger partial charge is 0.480 e. The number of anilines is 1. The zero-order valence-corrected chi connectivity index (χ0v) is 11.4. The lowest BCUT2D eigenvalue weighted by atomic mass is 10.0. The van der Waals surface area contributed by atoms with Crippen molar-refractivity contribution in [2.45, 2.75) is 26.3 Å². The summed E-state index contributed by atoms with van der Waals surface area (Å²) in [4.78, 5) is 22.6. The van der Waals surface area contributed by atoms with Gasteiger partial charge < -0.3 is 15.7 Å². The van der Waals surface area contributed by atoms with Crippen molar-refractivity contribution in [1.82, 2.24) is 5.32 Å². The highest BCUT2D eigenvalue weighted by Gasteiger charge is 2.22. The normalized spacial score (nSPS) is 12.1. The fraction of sp³-hybridized carbons (Fsp3) is 0.385. The van der Waals surface area contributed by atoms with Gasteiger partial charge >= 0.3 is 12.0 Å². The van der Waals surface area contributed by atoms with Crippen molar-refractivity contribution in [2.75, 3.05) is 5.32 Å². The maximum atomic E-state index is 13.4. The van der Waals surface area contributed by atoms with Crippen LogP contribution in [0.5, 0.6) is 0 Å². The van der Waals surface area contributed by atoms with E-state index in [9.17, 15) is 22.8 Å². The third-order valence-corrected chi connectivity index (χ3v) is 2.59. The smallest absolute Gasteiger partial charge is 0.326 e. The number of carboxylic acid groups (broad SMARTS) is 1. The minimum atomic E-state index is -1.72. The van der Waals surface area contributed by atoms with Crippen molar-refractivity contribution in [3.05, 3.63) is 29.6 Å². The zero-order valence-electron chi connectivity index (χ0n) is 11.4. The molecule has 0 saturated carbocycles. The van der Waals surface area contributed by atoms with Crippen LogP contribution in [0, 0.1) is 23.4 Å². The van der Waals surface area contributed by atoms with Gasteiger partial charge in [0, 0.05) is 0 Å². The Morgan fingerprint density at radius 3 is 2.33 bits per heavy atom. The van der Waals surface area contributed by atoms with Gasteiger partial charge in [0.15, 0.2) is 17.5 Å². The molecule has 21 heavy (non-hydrogen) atoms. The number of halogens is 3. The molecular formula is C13H15F3N2O3. The molecule has 116 valence electrons. The minimum Gasteiger partial charge on any atom is -0.480 e. The number of hydrogen-bond acceptors (Lipinski definition) is 2. The summed E-state index contributed by atoms with van der Waals surface area (Å²) in [6, 6.07) is -0.700. The first-order valence-corrected chi connectivity index (χ1v) is 6.16. The molecule has 0 aliphatic heterocycles. The summed E-state index contributed by atoms with van der Waals surface area (Å²) in [5.41, 5.74) is -0.583. The molecule has 0 aromatic heterocycles. The summed E-state index contributed by atoms with van der Waals surface area (Å²) < 4.78 is 39.1. The molecule has 0 unspecified atom stereocenters. The van der Waals surface area contributed by atoms with Crippen molar-refractivity contribution >= 4 is 17.7 Å². The number of aliphatic carboxylic acids is 1. The molecule has 2 amide bonds. The molecule has 5 nitrogen and oxygen atoms in total. The average Bonchev–Trinajstić information content (AvgIpc) is 2.38. The average molecular weight is 304 g/mol. The van der Waals surface area contributed by atoms with Gasteiger partial charge in [-0.1, -0.05) is 13.8 Å². The summed E-state index contributed by atoms with van der Waals surface area (Å²) in [7, 11) is 0. The monoisotopic (exact) mass is 304 g/mol. The first-order chi connectivity index (χ1) is 9.72. The molecule has 0 radical (unpaired) electrons. The number of amides is 2. The van der Waals surface area contributed by atoms with Crippen molar-refractivity contribution in [1.29, 1.82) is 0 Å². The number of urea groups is 1. The van der Waals surface area contributed by atoms with E-state index in [0.29, 0.717) is 6.07 Å². The van der Waals surface area contributed by atoms with Crippen LogP contribution in [0.1, 0.15) is 20.3 Å². The Morgan fingerprint density at radius 1 is 1.19 bits per heavy atom. The van der Waals surface area contributed by atoms with Gasteiger partial charge in [-0.3, -0.25) is 0 Å². The van der Waals surface area contributed by atoms with Gasteiger partial charge in [0.2, 0.25) is 0 Å². The maximum absolute atomic E-state index is 13.4. The van der Waals surface area contributed by atoms with Crippen molar-refractivity contribution < 1.29 is 27.9 Å². The highest BCUT2D eigenvalue weighted by molar-refractivity contribution is 5.92. The molecule has 0 heterocycles. The second kappa shape index (κ2) is 6.96. The lowest BCUT2D eigenvalue weighted by Crippen LogP contribution is -2.43. The van der Waals surface area contributed by atoms with Crippen LogP contribution in [0.25, 0.3) is 0 Å². The second-order valence-electron chi connectivity index (χ2n) is 4.84. The van der Waals surface area contributed by atoms with Gasteiger partial charge in [0.25, 0.3) is 0 Å². The minimum absolute atomic E-state index is 0.00593.